The predicted molar refractivity (Wildman–Crippen MR) is 138 cm³/mol. The Morgan fingerprint density at radius 2 is 1.74 bits per heavy atom. The number of aromatic nitrogens is 1. The van der Waals surface area contributed by atoms with Crippen molar-refractivity contribution in [2.45, 2.75) is 25.3 Å². The molecule has 0 aliphatic carbocycles. The standard InChI is InChI=1S/C29H29N3O3/c1-3-19-10-4-8-14-24(19)31-28(33)26-21-12-5-6-13-22(21)29(34)32(16-17-35-2)27(26)23-18-30-25-15-9-7-11-20(23)25/h4-15,18,26-27,30H,3,16-17H2,1-2H3,(H,31,33)/t26-,27-/m0/s1. The number of rotatable bonds is 7. The largest absolute Gasteiger partial charge is 0.383 e. The molecule has 4 aromatic rings. The average molecular weight is 468 g/mol. The van der Waals surface area contributed by atoms with Crippen molar-refractivity contribution < 1.29 is 14.3 Å². The van der Waals surface area contributed by atoms with E-state index in [2.05, 4.69) is 17.2 Å². The van der Waals surface area contributed by atoms with Crippen LogP contribution in [0.3, 0.4) is 0 Å². The highest BCUT2D eigenvalue weighted by atomic mass is 16.5. The first-order valence-corrected chi connectivity index (χ1v) is 12.0. The van der Waals surface area contributed by atoms with Gasteiger partial charge in [-0.25, -0.2) is 0 Å². The van der Waals surface area contributed by atoms with Gasteiger partial charge in [0.15, 0.2) is 0 Å². The lowest BCUT2D eigenvalue weighted by atomic mass is 9.79. The fourth-order valence-corrected chi connectivity index (χ4v) is 5.16. The Labute approximate surface area is 204 Å². The monoisotopic (exact) mass is 467 g/mol. The Hall–Kier alpha value is -3.90. The van der Waals surface area contributed by atoms with Crippen molar-refractivity contribution in [3.05, 3.63) is 101 Å². The number of carbonyl (C=O) groups is 2. The van der Waals surface area contributed by atoms with Gasteiger partial charge in [0.05, 0.1) is 18.6 Å². The zero-order valence-electron chi connectivity index (χ0n) is 20.0. The van der Waals surface area contributed by atoms with Crippen LogP contribution in [0.1, 0.15) is 45.9 Å². The molecule has 35 heavy (non-hydrogen) atoms. The van der Waals surface area contributed by atoms with Gasteiger partial charge in [0.2, 0.25) is 5.91 Å². The molecule has 0 saturated heterocycles. The van der Waals surface area contributed by atoms with Crippen LogP contribution in [0.4, 0.5) is 5.69 Å². The molecule has 1 aliphatic rings. The predicted octanol–water partition coefficient (Wildman–Crippen LogP) is 5.30. The molecule has 6 heteroatoms. The molecule has 1 aromatic heterocycles. The van der Waals surface area contributed by atoms with Gasteiger partial charge in [0, 0.05) is 47.6 Å². The second-order valence-electron chi connectivity index (χ2n) is 8.79. The van der Waals surface area contributed by atoms with Crippen molar-refractivity contribution in [2.24, 2.45) is 0 Å². The number of aryl methyl sites for hydroxylation is 1. The zero-order valence-corrected chi connectivity index (χ0v) is 20.0. The highest BCUT2D eigenvalue weighted by Gasteiger charge is 2.44. The van der Waals surface area contributed by atoms with E-state index >= 15 is 0 Å². The second kappa shape index (κ2) is 9.76. The molecule has 3 aromatic carbocycles. The maximum absolute atomic E-state index is 14.1. The minimum atomic E-state index is -0.593. The minimum absolute atomic E-state index is 0.0917. The lowest BCUT2D eigenvalue weighted by Gasteiger charge is -2.41. The molecule has 0 unspecified atom stereocenters. The summed E-state index contributed by atoms with van der Waals surface area (Å²) in [5.41, 5.74) is 5.06. The molecular formula is C29H29N3O3. The van der Waals surface area contributed by atoms with Crippen LogP contribution in [0.15, 0.2) is 79.0 Å². The number of carbonyl (C=O) groups excluding carboxylic acids is 2. The molecule has 2 heterocycles. The SMILES string of the molecule is CCc1ccccc1NC(=O)[C@H]1c2ccccc2C(=O)N(CCOC)[C@H]1c1c[nH]c2ccccc12. The van der Waals surface area contributed by atoms with E-state index in [9.17, 15) is 9.59 Å². The molecule has 178 valence electrons. The molecule has 2 atom stereocenters. The average Bonchev–Trinajstić information content (AvgIpc) is 3.32. The van der Waals surface area contributed by atoms with Crippen LogP contribution < -0.4 is 5.32 Å². The molecule has 2 N–H and O–H groups in total. The van der Waals surface area contributed by atoms with E-state index in [4.69, 9.17) is 4.74 Å². The summed E-state index contributed by atoms with van der Waals surface area (Å²) in [6.07, 6.45) is 2.73. The van der Waals surface area contributed by atoms with Crippen molar-refractivity contribution in [3.8, 4) is 0 Å². The highest BCUT2D eigenvalue weighted by molar-refractivity contribution is 6.05. The molecule has 0 saturated carbocycles. The quantitative estimate of drug-likeness (QED) is 0.388. The van der Waals surface area contributed by atoms with Gasteiger partial charge in [-0.1, -0.05) is 61.5 Å². The molecule has 1 aliphatic heterocycles. The van der Waals surface area contributed by atoms with Crippen molar-refractivity contribution in [1.29, 1.82) is 0 Å². The summed E-state index contributed by atoms with van der Waals surface area (Å²) < 4.78 is 5.35. The molecule has 0 spiro atoms. The van der Waals surface area contributed by atoms with Gasteiger partial charge in [-0.05, 0) is 35.7 Å². The molecule has 5 rings (SSSR count). The summed E-state index contributed by atoms with van der Waals surface area (Å²) >= 11 is 0. The van der Waals surface area contributed by atoms with E-state index in [0.717, 1.165) is 39.7 Å². The Balaban J connectivity index is 1.67. The fourth-order valence-electron chi connectivity index (χ4n) is 5.16. The number of amides is 2. The highest BCUT2D eigenvalue weighted by Crippen LogP contribution is 2.45. The fraction of sp³-hybridized carbons (Fsp3) is 0.241. The van der Waals surface area contributed by atoms with Gasteiger partial charge in [-0.15, -0.1) is 0 Å². The lowest BCUT2D eigenvalue weighted by Crippen LogP contribution is -2.47. The van der Waals surface area contributed by atoms with Gasteiger partial charge < -0.3 is 19.9 Å². The summed E-state index contributed by atoms with van der Waals surface area (Å²) in [6.45, 7) is 2.82. The van der Waals surface area contributed by atoms with Gasteiger partial charge >= 0.3 is 0 Å². The van der Waals surface area contributed by atoms with Crippen molar-refractivity contribution in [1.82, 2.24) is 9.88 Å². The van der Waals surface area contributed by atoms with Crippen molar-refractivity contribution in [2.75, 3.05) is 25.6 Å². The first-order valence-electron chi connectivity index (χ1n) is 12.0. The second-order valence-corrected chi connectivity index (χ2v) is 8.79. The van der Waals surface area contributed by atoms with Gasteiger partial charge in [-0.3, -0.25) is 9.59 Å². The molecule has 2 amide bonds. The molecule has 0 bridgehead atoms. The van der Waals surface area contributed by atoms with Gasteiger partial charge in [0.25, 0.3) is 5.91 Å². The van der Waals surface area contributed by atoms with E-state index < -0.39 is 12.0 Å². The summed E-state index contributed by atoms with van der Waals surface area (Å²) in [4.78, 5) is 32.9. The third-order valence-electron chi connectivity index (χ3n) is 6.85. The van der Waals surface area contributed by atoms with Crippen molar-refractivity contribution >= 4 is 28.4 Å². The van der Waals surface area contributed by atoms with Crippen LogP contribution in [-0.2, 0) is 16.0 Å². The summed E-state index contributed by atoms with van der Waals surface area (Å²) in [5, 5.41) is 4.18. The number of aromatic amines is 1. The summed E-state index contributed by atoms with van der Waals surface area (Å²) in [5.74, 6) is -0.820. The van der Waals surface area contributed by atoms with Gasteiger partial charge in [0.1, 0.15) is 0 Å². The van der Waals surface area contributed by atoms with Crippen LogP contribution in [-0.4, -0.2) is 42.0 Å². The lowest BCUT2D eigenvalue weighted by molar-refractivity contribution is -0.119. The first kappa shape index (κ1) is 22.9. The van der Waals surface area contributed by atoms with Crippen LogP contribution in [0.25, 0.3) is 10.9 Å². The van der Waals surface area contributed by atoms with E-state index in [1.807, 2.05) is 79.0 Å². The normalized spacial score (nSPS) is 17.4. The number of nitrogens with one attached hydrogen (secondary N) is 2. The Kier molecular flexibility index (Phi) is 6.38. The topological polar surface area (TPSA) is 74.4 Å². The summed E-state index contributed by atoms with van der Waals surface area (Å²) in [7, 11) is 1.62. The van der Waals surface area contributed by atoms with Crippen LogP contribution in [0.5, 0.6) is 0 Å². The smallest absolute Gasteiger partial charge is 0.254 e. The Bertz CT molecular complexity index is 1380. The van der Waals surface area contributed by atoms with Crippen LogP contribution in [0, 0.1) is 0 Å². The Morgan fingerprint density at radius 3 is 2.57 bits per heavy atom. The number of hydrogen-bond donors (Lipinski definition) is 2. The van der Waals surface area contributed by atoms with Crippen LogP contribution >= 0.6 is 0 Å². The number of anilines is 1. The molecular weight excluding hydrogens is 438 g/mol. The Morgan fingerprint density at radius 1 is 1.00 bits per heavy atom. The number of hydrogen-bond acceptors (Lipinski definition) is 3. The number of methoxy groups -OCH3 is 1. The number of ether oxygens (including phenoxy) is 1. The van der Waals surface area contributed by atoms with E-state index in [0.29, 0.717) is 18.7 Å². The number of benzene rings is 3. The maximum atomic E-state index is 14.1. The first-order chi connectivity index (χ1) is 17.1. The maximum Gasteiger partial charge on any atom is 0.254 e. The number of para-hydroxylation sites is 2. The third-order valence-corrected chi connectivity index (χ3v) is 6.85. The van der Waals surface area contributed by atoms with Crippen molar-refractivity contribution in [3.63, 3.8) is 0 Å². The third kappa shape index (κ3) is 4.10. The van der Waals surface area contributed by atoms with Gasteiger partial charge in [-0.2, -0.15) is 0 Å². The minimum Gasteiger partial charge on any atom is -0.383 e. The zero-order chi connectivity index (χ0) is 24.4. The number of nitrogens with zero attached hydrogens (tertiary/aromatic N) is 1. The summed E-state index contributed by atoms with van der Waals surface area (Å²) in [6, 6.07) is 22.8. The van der Waals surface area contributed by atoms with Crippen LogP contribution in [0.2, 0.25) is 0 Å². The molecule has 0 fully saturated rings. The molecule has 6 nitrogen and oxygen atoms in total. The van der Waals surface area contributed by atoms with E-state index in [1.165, 1.54) is 0 Å². The number of H-pyrrole nitrogens is 1. The number of fused-ring (bicyclic) bond motifs is 2. The molecule has 0 radical (unpaired) electrons. The van der Waals surface area contributed by atoms with E-state index in [1.54, 1.807) is 12.0 Å². The van der Waals surface area contributed by atoms with E-state index in [-0.39, 0.29) is 11.8 Å².